The van der Waals surface area contributed by atoms with Crippen molar-refractivity contribution < 1.29 is 31.4 Å². The maximum absolute atomic E-state index is 14.8. The van der Waals surface area contributed by atoms with Crippen molar-refractivity contribution in [3.05, 3.63) is 58.9 Å². The molecule has 0 amide bonds. The van der Waals surface area contributed by atoms with Crippen LogP contribution in [-0.4, -0.2) is 19.1 Å². The van der Waals surface area contributed by atoms with Gasteiger partial charge in [-0.3, -0.25) is 0 Å². The molecule has 0 aromatic heterocycles. The lowest BCUT2D eigenvalue weighted by Gasteiger charge is -2.29. The molecule has 1 saturated carbocycles. The third-order valence-corrected chi connectivity index (χ3v) is 6.98. The lowest BCUT2D eigenvalue weighted by atomic mass is 9.77. The zero-order valence-corrected chi connectivity index (χ0v) is 21.2. The molecular weight excluding hydrogens is 475 g/mol. The summed E-state index contributed by atoms with van der Waals surface area (Å²) in [6.45, 7) is 3.46. The van der Waals surface area contributed by atoms with Gasteiger partial charge >= 0.3 is 0 Å². The average molecular weight is 513 g/mol. The van der Waals surface area contributed by atoms with Crippen LogP contribution < -0.4 is 9.47 Å². The summed E-state index contributed by atoms with van der Waals surface area (Å²) in [4.78, 5) is 0. The van der Waals surface area contributed by atoms with Crippen molar-refractivity contribution in [1.29, 1.82) is 0 Å². The number of ether oxygens (including phenoxy) is 2. The molecule has 2 nitrogen and oxygen atoms in total. The quantitative estimate of drug-likeness (QED) is 0.197. The van der Waals surface area contributed by atoms with Gasteiger partial charge in [-0.25, -0.2) is 22.0 Å². The molecule has 0 heterocycles. The largest absolute Gasteiger partial charge is 0.491 e. The Labute approximate surface area is 211 Å². The summed E-state index contributed by atoms with van der Waals surface area (Å²) >= 11 is 0. The molecule has 3 rings (SSSR count). The number of alkyl halides is 2. The summed E-state index contributed by atoms with van der Waals surface area (Å²) in [5, 5.41) is 0. The van der Waals surface area contributed by atoms with E-state index in [2.05, 4.69) is 6.92 Å². The van der Waals surface area contributed by atoms with Gasteiger partial charge in [0.25, 0.3) is 5.92 Å². The molecule has 1 aliphatic carbocycles. The van der Waals surface area contributed by atoms with Crippen molar-refractivity contribution in [2.75, 3.05) is 13.2 Å². The second kappa shape index (κ2) is 13.3. The second-order valence-corrected chi connectivity index (χ2v) is 9.92. The van der Waals surface area contributed by atoms with Crippen LogP contribution in [0.15, 0.2) is 30.3 Å². The molecule has 0 N–H and O–H groups in total. The van der Waals surface area contributed by atoms with E-state index in [1.165, 1.54) is 24.3 Å². The lowest BCUT2D eigenvalue weighted by Crippen LogP contribution is -2.29. The molecule has 2 aromatic carbocycles. The van der Waals surface area contributed by atoms with Crippen molar-refractivity contribution >= 4 is 0 Å². The van der Waals surface area contributed by atoms with Gasteiger partial charge < -0.3 is 9.47 Å². The summed E-state index contributed by atoms with van der Waals surface area (Å²) in [5.41, 5.74) is -0.121. The third-order valence-electron chi connectivity index (χ3n) is 6.98. The minimum Gasteiger partial charge on any atom is -0.491 e. The van der Waals surface area contributed by atoms with Gasteiger partial charge in [0.05, 0.1) is 6.61 Å². The standard InChI is InChI=1S/C29H37F5O2/c1-3-5-6-16-35-26-15-13-23(17-25(26)30)36-19-29(33,34)18-22-12-14-24(28(32)27(22)31)21-10-8-20(7-4-2)9-11-21/h12-15,17,20-21H,3-11,16,18-19H2,1-2H3. The van der Waals surface area contributed by atoms with E-state index in [0.717, 1.165) is 63.9 Å². The Kier molecular flexibility index (Phi) is 10.4. The topological polar surface area (TPSA) is 18.5 Å². The normalized spacial score (nSPS) is 18.3. The first-order valence-corrected chi connectivity index (χ1v) is 13.1. The molecule has 200 valence electrons. The van der Waals surface area contributed by atoms with E-state index in [1.807, 2.05) is 6.92 Å². The maximum atomic E-state index is 14.8. The number of hydrogen-bond donors (Lipinski definition) is 0. The highest BCUT2D eigenvalue weighted by molar-refractivity contribution is 5.33. The molecule has 2 aromatic rings. The summed E-state index contributed by atoms with van der Waals surface area (Å²) in [6.07, 6.45) is 7.51. The Bertz CT molecular complexity index is 970. The monoisotopic (exact) mass is 512 g/mol. The van der Waals surface area contributed by atoms with Crippen LogP contribution in [0.25, 0.3) is 0 Å². The van der Waals surface area contributed by atoms with E-state index < -0.39 is 42.0 Å². The zero-order chi connectivity index (χ0) is 26.1. The molecule has 1 aliphatic rings. The number of benzene rings is 2. The van der Waals surface area contributed by atoms with Crippen LogP contribution in [0.1, 0.15) is 88.7 Å². The number of unbranched alkanes of at least 4 members (excludes halogenated alkanes) is 2. The molecule has 1 fully saturated rings. The van der Waals surface area contributed by atoms with E-state index in [-0.39, 0.29) is 23.0 Å². The predicted molar refractivity (Wildman–Crippen MR) is 132 cm³/mol. The van der Waals surface area contributed by atoms with E-state index in [1.54, 1.807) is 0 Å². The third kappa shape index (κ3) is 7.84. The first-order valence-electron chi connectivity index (χ1n) is 13.1. The van der Waals surface area contributed by atoms with Crippen LogP contribution in [0.5, 0.6) is 11.5 Å². The SMILES string of the molecule is CCCCCOc1ccc(OCC(F)(F)Cc2ccc(C3CCC(CCC)CC3)c(F)c2F)cc1F. The molecule has 0 aliphatic heterocycles. The van der Waals surface area contributed by atoms with Crippen LogP contribution >= 0.6 is 0 Å². The minimum absolute atomic E-state index is 0.0294. The van der Waals surface area contributed by atoms with Crippen LogP contribution in [0.3, 0.4) is 0 Å². The Morgan fingerprint density at radius 3 is 2.28 bits per heavy atom. The lowest BCUT2D eigenvalue weighted by molar-refractivity contribution is -0.0408. The maximum Gasteiger partial charge on any atom is 0.285 e. The predicted octanol–water partition coefficient (Wildman–Crippen LogP) is 9.00. The summed E-state index contributed by atoms with van der Waals surface area (Å²) in [6, 6.07) is 6.36. The van der Waals surface area contributed by atoms with Gasteiger partial charge in [0.2, 0.25) is 0 Å². The van der Waals surface area contributed by atoms with Crippen molar-refractivity contribution in [2.45, 2.75) is 89.9 Å². The van der Waals surface area contributed by atoms with Crippen LogP contribution in [-0.2, 0) is 6.42 Å². The Morgan fingerprint density at radius 1 is 0.861 bits per heavy atom. The molecule has 0 spiro atoms. The minimum atomic E-state index is -3.47. The van der Waals surface area contributed by atoms with E-state index >= 15 is 0 Å². The smallest absolute Gasteiger partial charge is 0.285 e. The summed E-state index contributed by atoms with van der Waals surface area (Å²) < 4.78 is 83.3. The van der Waals surface area contributed by atoms with Crippen molar-refractivity contribution in [3.8, 4) is 11.5 Å². The zero-order valence-electron chi connectivity index (χ0n) is 21.2. The molecule has 0 bridgehead atoms. The summed E-state index contributed by atoms with van der Waals surface area (Å²) in [5.74, 6) is -5.95. The number of halogens is 5. The van der Waals surface area contributed by atoms with Gasteiger partial charge in [0.15, 0.2) is 29.8 Å². The van der Waals surface area contributed by atoms with Gasteiger partial charge in [-0.15, -0.1) is 0 Å². The molecular formula is C29H37F5O2. The Morgan fingerprint density at radius 2 is 1.61 bits per heavy atom. The molecule has 0 atom stereocenters. The van der Waals surface area contributed by atoms with Gasteiger partial charge in [-0.2, -0.15) is 0 Å². The fourth-order valence-electron chi connectivity index (χ4n) is 4.97. The molecule has 0 radical (unpaired) electrons. The van der Waals surface area contributed by atoms with Gasteiger partial charge in [0.1, 0.15) is 5.75 Å². The van der Waals surface area contributed by atoms with E-state index in [4.69, 9.17) is 9.47 Å². The first-order chi connectivity index (χ1) is 17.2. The highest BCUT2D eigenvalue weighted by atomic mass is 19.3. The Hall–Kier alpha value is -2.31. The molecule has 0 saturated heterocycles. The fraction of sp³-hybridized carbons (Fsp3) is 0.586. The van der Waals surface area contributed by atoms with Gasteiger partial charge in [-0.1, -0.05) is 51.7 Å². The summed E-state index contributed by atoms with van der Waals surface area (Å²) in [7, 11) is 0. The first kappa shape index (κ1) is 28.3. The van der Waals surface area contributed by atoms with Crippen LogP contribution in [0.4, 0.5) is 22.0 Å². The van der Waals surface area contributed by atoms with E-state index in [0.29, 0.717) is 12.5 Å². The van der Waals surface area contributed by atoms with Crippen molar-refractivity contribution in [1.82, 2.24) is 0 Å². The molecule has 36 heavy (non-hydrogen) atoms. The van der Waals surface area contributed by atoms with Gasteiger partial charge in [-0.05, 0) is 67.2 Å². The number of hydrogen-bond acceptors (Lipinski definition) is 2. The highest BCUT2D eigenvalue weighted by Crippen LogP contribution is 2.39. The molecule has 7 heteroatoms. The second-order valence-electron chi connectivity index (χ2n) is 9.92. The van der Waals surface area contributed by atoms with Crippen molar-refractivity contribution in [2.24, 2.45) is 5.92 Å². The van der Waals surface area contributed by atoms with Crippen LogP contribution in [0, 0.1) is 23.4 Å². The number of rotatable bonds is 13. The fourth-order valence-corrected chi connectivity index (χ4v) is 4.97. The highest BCUT2D eigenvalue weighted by Gasteiger charge is 2.34. The van der Waals surface area contributed by atoms with E-state index in [9.17, 15) is 22.0 Å². The van der Waals surface area contributed by atoms with Gasteiger partial charge in [0, 0.05) is 12.5 Å². The average Bonchev–Trinajstić information content (AvgIpc) is 2.85. The Balaban J connectivity index is 1.57. The van der Waals surface area contributed by atoms with Crippen LogP contribution in [0.2, 0.25) is 0 Å². The molecule has 0 unspecified atom stereocenters. The van der Waals surface area contributed by atoms with Crippen molar-refractivity contribution in [3.63, 3.8) is 0 Å².